The second-order valence-electron chi connectivity index (χ2n) is 12.5. The van der Waals surface area contributed by atoms with E-state index >= 15 is 0 Å². The molecule has 1 aliphatic rings. The Morgan fingerprint density at radius 3 is 1.90 bits per heavy atom. The van der Waals surface area contributed by atoms with Crippen LogP contribution in [0.1, 0.15) is 97.9 Å². The third-order valence-corrected chi connectivity index (χ3v) is 7.36. The number of hydrogen-bond acceptors (Lipinski definition) is 6. The molecule has 220 valence electrons. The molecule has 0 bridgehead atoms. The van der Waals surface area contributed by atoms with Crippen LogP contribution in [0.2, 0.25) is 0 Å². The van der Waals surface area contributed by atoms with Crippen molar-refractivity contribution in [3.8, 4) is 0 Å². The van der Waals surface area contributed by atoms with Crippen LogP contribution in [0.25, 0.3) is 10.9 Å². The van der Waals surface area contributed by atoms with Gasteiger partial charge in [-0.05, 0) is 84.3 Å². The first kappa shape index (κ1) is 31.0. The lowest BCUT2D eigenvalue weighted by Gasteiger charge is -2.48. The molecule has 10 nitrogen and oxygen atoms in total. The second-order valence-corrected chi connectivity index (χ2v) is 12.5. The highest BCUT2D eigenvalue weighted by molar-refractivity contribution is 5.94. The molecule has 1 atom stereocenters. The molecule has 1 unspecified atom stereocenters. The summed E-state index contributed by atoms with van der Waals surface area (Å²) in [5.41, 5.74) is -0.619. The van der Waals surface area contributed by atoms with E-state index in [0.717, 1.165) is 10.9 Å². The summed E-state index contributed by atoms with van der Waals surface area (Å²) in [4.78, 5) is 52.7. The van der Waals surface area contributed by atoms with E-state index in [2.05, 4.69) is 0 Å². The lowest BCUT2D eigenvalue weighted by Crippen LogP contribution is -2.50. The number of para-hydroxylation sites is 1. The van der Waals surface area contributed by atoms with Gasteiger partial charge in [-0.2, -0.15) is 0 Å². The van der Waals surface area contributed by atoms with Gasteiger partial charge in [0.1, 0.15) is 11.2 Å². The van der Waals surface area contributed by atoms with Crippen molar-refractivity contribution in [3.05, 3.63) is 35.5 Å². The van der Waals surface area contributed by atoms with E-state index in [1.807, 2.05) is 31.2 Å². The molecular formula is C30H42N2O8. The van der Waals surface area contributed by atoms with E-state index in [9.17, 15) is 29.4 Å². The number of amides is 1. The van der Waals surface area contributed by atoms with Gasteiger partial charge in [0.05, 0.1) is 17.3 Å². The molecule has 0 radical (unpaired) electrons. The van der Waals surface area contributed by atoms with Gasteiger partial charge in [-0.15, -0.1) is 0 Å². The van der Waals surface area contributed by atoms with E-state index in [1.54, 1.807) is 46.4 Å². The first-order valence-electron chi connectivity index (χ1n) is 13.8. The molecule has 1 aromatic heterocycles. The van der Waals surface area contributed by atoms with E-state index in [1.165, 1.54) is 4.57 Å². The fourth-order valence-electron chi connectivity index (χ4n) is 5.68. The maximum Gasteiger partial charge on any atom is 0.419 e. The van der Waals surface area contributed by atoms with Crippen LogP contribution in [0.5, 0.6) is 0 Å². The number of benzene rings is 1. The summed E-state index contributed by atoms with van der Waals surface area (Å²) in [6, 6.07) is 6.58. The molecule has 2 aromatic rings. The van der Waals surface area contributed by atoms with E-state index in [-0.39, 0.29) is 32.2 Å². The number of carbonyl (C=O) groups is 4. The lowest BCUT2D eigenvalue weighted by atomic mass is 9.67. The Morgan fingerprint density at radius 2 is 1.40 bits per heavy atom. The lowest BCUT2D eigenvalue weighted by molar-refractivity contribution is -0.138. The number of ether oxygens (including phenoxy) is 2. The van der Waals surface area contributed by atoms with Crippen molar-refractivity contribution in [2.45, 2.75) is 104 Å². The van der Waals surface area contributed by atoms with E-state index < -0.39 is 46.8 Å². The molecule has 1 aromatic carbocycles. The van der Waals surface area contributed by atoms with Crippen LogP contribution in [0.4, 0.5) is 9.59 Å². The summed E-state index contributed by atoms with van der Waals surface area (Å²) < 4.78 is 13.1. The number of carbonyl (C=O) groups excluding carboxylic acids is 2. The summed E-state index contributed by atoms with van der Waals surface area (Å²) in [5.74, 6) is -2.05. The fraction of sp³-hybridized carbons (Fsp3) is 0.600. The zero-order chi connectivity index (χ0) is 30.0. The summed E-state index contributed by atoms with van der Waals surface area (Å²) in [5, 5.41) is 20.1. The van der Waals surface area contributed by atoms with Gasteiger partial charge in [-0.3, -0.25) is 14.5 Å². The molecule has 0 saturated carbocycles. The number of fused-ring (bicyclic) bond motifs is 3. The third-order valence-electron chi connectivity index (χ3n) is 7.36. The average molecular weight is 559 g/mol. The van der Waals surface area contributed by atoms with Crippen LogP contribution < -0.4 is 0 Å². The second kappa shape index (κ2) is 11.5. The number of carboxylic acids is 2. The molecule has 0 spiro atoms. The average Bonchev–Trinajstić information content (AvgIpc) is 3.16. The maximum absolute atomic E-state index is 13.8. The van der Waals surface area contributed by atoms with Gasteiger partial charge in [0.25, 0.3) is 0 Å². The summed E-state index contributed by atoms with van der Waals surface area (Å²) in [7, 11) is 0. The van der Waals surface area contributed by atoms with Crippen molar-refractivity contribution < 1.29 is 38.9 Å². The van der Waals surface area contributed by atoms with Gasteiger partial charge in [-0.1, -0.05) is 25.1 Å². The number of carboxylic acid groups (broad SMARTS) is 2. The molecule has 0 fully saturated rings. The highest BCUT2D eigenvalue weighted by atomic mass is 16.6. The van der Waals surface area contributed by atoms with Gasteiger partial charge in [0, 0.05) is 24.8 Å². The van der Waals surface area contributed by atoms with E-state index in [4.69, 9.17) is 9.47 Å². The Bertz CT molecular complexity index is 1260. The van der Waals surface area contributed by atoms with Gasteiger partial charge in [0.2, 0.25) is 0 Å². The minimum absolute atomic E-state index is 0.103. The molecule has 40 heavy (non-hydrogen) atoms. The van der Waals surface area contributed by atoms with E-state index in [0.29, 0.717) is 24.1 Å². The van der Waals surface area contributed by atoms with Crippen LogP contribution in [-0.2, 0) is 25.5 Å². The SMILES string of the molecule is CCC(CCC(=O)O)(CCC(=O)O)C1c2c(c3ccccc3n2C(=O)OC(C)(C)C)CCN1C(=O)OC(C)(C)C. The minimum Gasteiger partial charge on any atom is -0.481 e. The number of rotatable bonds is 8. The molecule has 2 heterocycles. The van der Waals surface area contributed by atoms with Crippen LogP contribution in [-0.4, -0.2) is 61.6 Å². The van der Waals surface area contributed by atoms with Crippen LogP contribution in [0.15, 0.2) is 24.3 Å². The molecule has 3 rings (SSSR count). The molecule has 1 aliphatic heterocycles. The molecule has 2 N–H and O–H groups in total. The number of hydrogen-bond donors (Lipinski definition) is 2. The summed E-state index contributed by atoms with van der Waals surface area (Å²) in [6.45, 7) is 12.7. The molecule has 10 heteroatoms. The topological polar surface area (TPSA) is 135 Å². The highest BCUT2D eigenvalue weighted by Gasteiger charge is 2.50. The zero-order valence-electron chi connectivity index (χ0n) is 24.6. The quantitative estimate of drug-likeness (QED) is 0.381. The molecule has 1 amide bonds. The van der Waals surface area contributed by atoms with Crippen LogP contribution in [0.3, 0.4) is 0 Å². The van der Waals surface area contributed by atoms with Crippen LogP contribution in [0, 0.1) is 5.41 Å². The van der Waals surface area contributed by atoms with Gasteiger partial charge < -0.3 is 19.7 Å². The smallest absolute Gasteiger partial charge is 0.419 e. The monoisotopic (exact) mass is 558 g/mol. The number of aliphatic carboxylic acids is 2. The van der Waals surface area contributed by atoms with Crippen molar-refractivity contribution in [2.24, 2.45) is 5.41 Å². The number of aromatic nitrogens is 1. The predicted octanol–water partition coefficient (Wildman–Crippen LogP) is 6.38. The standard InChI is InChI=1S/C30H42N2O8/c1-8-30(16-13-22(33)34,17-14-23(35)36)25-24-20(15-18-31(25)26(37)39-28(2,3)4)19-11-9-10-12-21(19)32(24)27(38)40-29(5,6)7/h9-12,25H,8,13-18H2,1-7H3,(H,33,34)(H,35,36). The van der Waals surface area contributed by atoms with Gasteiger partial charge in [0.15, 0.2) is 0 Å². The Hall–Kier alpha value is -3.56. The third kappa shape index (κ3) is 6.77. The minimum atomic E-state index is -1.03. The Labute approximate surface area is 235 Å². The Morgan fingerprint density at radius 1 is 0.875 bits per heavy atom. The summed E-state index contributed by atoms with van der Waals surface area (Å²) >= 11 is 0. The molecular weight excluding hydrogens is 516 g/mol. The fourth-order valence-corrected chi connectivity index (χ4v) is 5.68. The maximum atomic E-state index is 13.8. The highest BCUT2D eigenvalue weighted by Crippen LogP contribution is 2.53. The van der Waals surface area contributed by atoms with Gasteiger partial charge >= 0.3 is 24.1 Å². The Kier molecular flexibility index (Phi) is 8.91. The van der Waals surface area contributed by atoms with Crippen LogP contribution >= 0.6 is 0 Å². The molecule has 0 saturated heterocycles. The molecule has 0 aliphatic carbocycles. The predicted molar refractivity (Wildman–Crippen MR) is 149 cm³/mol. The van der Waals surface area contributed by atoms with Crippen molar-refractivity contribution in [2.75, 3.05) is 6.54 Å². The van der Waals surface area contributed by atoms with Crippen molar-refractivity contribution in [1.82, 2.24) is 9.47 Å². The van der Waals surface area contributed by atoms with Crippen molar-refractivity contribution in [3.63, 3.8) is 0 Å². The first-order valence-corrected chi connectivity index (χ1v) is 13.8. The Balaban J connectivity index is 2.38. The largest absolute Gasteiger partial charge is 0.481 e. The van der Waals surface area contributed by atoms with Crippen molar-refractivity contribution in [1.29, 1.82) is 0 Å². The van der Waals surface area contributed by atoms with Crippen molar-refractivity contribution >= 4 is 35.0 Å². The summed E-state index contributed by atoms with van der Waals surface area (Å²) in [6.07, 6.45) is -0.680. The van der Waals surface area contributed by atoms with Gasteiger partial charge in [-0.25, -0.2) is 14.2 Å². The zero-order valence-corrected chi connectivity index (χ0v) is 24.6. The first-order chi connectivity index (χ1) is 18.5. The normalized spacial score (nSPS) is 16.0. The number of nitrogens with zero attached hydrogens (tertiary/aromatic N) is 2.